The van der Waals surface area contributed by atoms with Crippen molar-refractivity contribution in [1.82, 2.24) is 0 Å². The first-order valence-corrected chi connectivity index (χ1v) is 9.06. The molecule has 0 aliphatic carbocycles. The first kappa shape index (κ1) is 17.0. The monoisotopic (exact) mass is 348 g/mol. The van der Waals surface area contributed by atoms with Gasteiger partial charge in [-0.15, -0.1) is 11.3 Å². The average Bonchev–Trinajstić information content (AvgIpc) is 2.98. The smallest absolute Gasteiger partial charge is 0.228 e. The fourth-order valence-corrected chi connectivity index (χ4v) is 4.91. The number of benzene rings is 1. The number of hydrogen-bond acceptors (Lipinski definition) is 3. The normalized spacial score (nSPS) is 15.5. The van der Waals surface area contributed by atoms with E-state index in [-0.39, 0.29) is 0 Å². The van der Waals surface area contributed by atoms with Gasteiger partial charge in [-0.1, -0.05) is 18.2 Å². The van der Waals surface area contributed by atoms with Gasteiger partial charge in [0, 0.05) is 4.88 Å². The second kappa shape index (κ2) is 6.04. The highest BCUT2D eigenvalue weighted by atomic mass is 32.2. The van der Waals surface area contributed by atoms with Crippen LogP contribution in [0.4, 0.5) is 13.2 Å². The van der Waals surface area contributed by atoms with Gasteiger partial charge in [-0.05, 0) is 43.0 Å². The van der Waals surface area contributed by atoms with Crippen LogP contribution in [-0.4, -0.2) is 8.42 Å². The maximum absolute atomic E-state index is 12.6. The lowest BCUT2D eigenvalue weighted by Crippen LogP contribution is -2.16. The highest BCUT2D eigenvalue weighted by molar-refractivity contribution is 7.92. The molecule has 0 radical (unpaired) electrons. The molecular formula is C15H15F3O2S2. The third-order valence-electron chi connectivity index (χ3n) is 3.64. The Bertz CT molecular complexity index is 717. The SMILES string of the molecule is C[C@H](c1cccs1)S(=O)(=O)[C@@H](C)c1ccc(C(F)(F)F)cc1. The second-order valence-electron chi connectivity index (χ2n) is 5.01. The summed E-state index contributed by atoms with van der Waals surface area (Å²) in [5.74, 6) is 0. The third-order valence-corrected chi connectivity index (χ3v) is 7.34. The number of thiophene rings is 1. The molecule has 0 amide bonds. The van der Waals surface area contributed by atoms with Crippen LogP contribution in [0.25, 0.3) is 0 Å². The Morgan fingerprint density at radius 1 is 1.00 bits per heavy atom. The number of halogens is 3. The van der Waals surface area contributed by atoms with E-state index in [1.807, 2.05) is 0 Å². The zero-order valence-electron chi connectivity index (χ0n) is 12.0. The molecule has 2 rings (SSSR count). The van der Waals surface area contributed by atoms with E-state index in [0.717, 1.165) is 17.0 Å². The third kappa shape index (κ3) is 3.35. The summed E-state index contributed by atoms with van der Waals surface area (Å²) < 4.78 is 62.8. The predicted octanol–water partition coefficient (Wildman–Crippen LogP) is 5.00. The van der Waals surface area contributed by atoms with E-state index in [4.69, 9.17) is 0 Å². The van der Waals surface area contributed by atoms with Crippen LogP contribution in [0, 0.1) is 0 Å². The van der Waals surface area contributed by atoms with Crippen LogP contribution < -0.4 is 0 Å². The molecule has 1 aromatic carbocycles. The Balaban J connectivity index is 2.29. The summed E-state index contributed by atoms with van der Waals surface area (Å²) in [6.07, 6.45) is -4.43. The minimum absolute atomic E-state index is 0.358. The summed E-state index contributed by atoms with van der Waals surface area (Å²) in [6.45, 7) is 3.10. The summed E-state index contributed by atoms with van der Waals surface area (Å²) in [6, 6.07) is 7.80. The zero-order chi connectivity index (χ0) is 16.5. The van der Waals surface area contributed by atoms with Crippen molar-refractivity contribution in [3.05, 3.63) is 57.8 Å². The molecule has 7 heteroatoms. The van der Waals surface area contributed by atoms with E-state index >= 15 is 0 Å². The van der Waals surface area contributed by atoms with Crippen LogP contribution in [0.15, 0.2) is 41.8 Å². The highest BCUT2D eigenvalue weighted by Gasteiger charge is 2.33. The van der Waals surface area contributed by atoms with Crippen molar-refractivity contribution in [2.45, 2.75) is 30.5 Å². The van der Waals surface area contributed by atoms with Gasteiger partial charge in [0.05, 0.1) is 16.1 Å². The molecule has 120 valence electrons. The quantitative estimate of drug-likeness (QED) is 0.779. The lowest BCUT2D eigenvalue weighted by atomic mass is 10.1. The Morgan fingerprint density at radius 3 is 2.05 bits per heavy atom. The number of sulfone groups is 1. The van der Waals surface area contributed by atoms with Gasteiger partial charge in [0.1, 0.15) is 0 Å². The minimum Gasteiger partial charge on any atom is -0.228 e. The van der Waals surface area contributed by atoms with Crippen molar-refractivity contribution in [2.24, 2.45) is 0 Å². The van der Waals surface area contributed by atoms with Crippen LogP contribution in [0.2, 0.25) is 0 Å². The van der Waals surface area contributed by atoms with Gasteiger partial charge in [0.2, 0.25) is 0 Å². The number of hydrogen-bond donors (Lipinski definition) is 0. The van der Waals surface area contributed by atoms with Crippen molar-refractivity contribution < 1.29 is 21.6 Å². The van der Waals surface area contributed by atoms with Gasteiger partial charge >= 0.3 is 6.18 Å². The Kier molecular flexibility index (Phi) is 4.67. The number of alkyl halides is 3. The summed E-state index contributed by atoms with van der Waals surface area (Å²) in [4.78, 5) is 0.721. The average molecular weight is 348 g/mol. The largest absolute Gasteiger partial charge is 0.416 e. The molecule has 1 heterocycles. The molecule has 0 aliphatic heterocycles. The molecule has 0 unspecified atom stereocenters. The number of rotatable bonds is 4. The molecule has 0 bridgehead atoms. The van der Waals surface area contributed by atoms with Gasteiger partial charge in [-0.3, -0.25) is 0 Å². The van der Waals surface area contributed by atoms with Crippen molar-refractivity contribution >= 4 is 21.2 Å². The van der Waals surface area contributed by atoms with Crippen molar-refractivity contribution in [2.75, 3.05) is 0 Å². The fraction of sp³-hybridized carbons (Fsp3) is 0.333. The van der Waals surface area contributed by atoms with Gasteiger partial charge < -0.3 is 0 Å². The molecule has 0 fully saturated rings. The molecule has 2 aromatic rings. The molecule has 22 heavy (non-hydrogen) atoms. The lowest BCUT2D eigenvalue weighted by Gasteiger charge is -2.19. The van der Waals surface area contributed by atoms with Gasteiger partial charge in [-0.2, -0.15) is 13.2 Å². The lowest BCUT2D eigenvalue weighted by molar-refractivity contribution is -0.137. The van der Waals surface area contributed by atoms with Gasteiger partial charge in [-0.25, -0.2) is 8.42 Å². The van der Waals surface area contributed by atoms with E-state index in [1.54, 1.807) is 24.4 Å². The van der Waals surface area contributed by atoms with Crippen LogP contribution in [-0.2, 0) is 16.0 Å². The Morgan fingerprint density at radius 2 is 1.59 bits per heavy atom. The first-order valence-electron chi connectivity index (χ1n) is 6.57. The Labute approximate surface area is 131 Å². The first-order chi connectivity index (χ1) is 10.1. The molecule has 0 N–H and O–H groups in total. The predicted molar refractivity (Wildman–Crippen MR) is 81.5 cm³/mol. The summed E-state index contributed by atoms with van der Waals surface area (Å²) in [5.41, 5.74) is -0.427. The van der Waals surface area contributed by atoms with E-state index in [9.17, 15) is 21.6 Å². The highest BCUT2D eigenvalue weighted by Crippen LogP contribution is 2.36. The standard InChI is InChI=1S/C15H15F3O2S2/c1-10(12-5-7-13(8-6-12)15(16,17)18)22(19,20)11(2)14-4-3-9-21-14/h3-11H,1-2H3/t10-,11+/m0/s1. The molecule has 0 aliphatic rings. The minimum atomic E-state index is -4.43. The van der Waals surface area contributed by atoms with Crippen molar-refractivity contribution in [3.63, 3.8) is 0 Å². The molecule has 0 spiro atoms. The molecule has 0 saturated carbocycles. The topological polar surface area (TPSA) is 34.1 Å². The van der Waals surface area contributed by atoms with Crippen molar-refractivity contribution in [3.8, 4) is 0 Å². The van der Waals surface area contributed by atoms with E-state index < -0.39 is 32.1 Å². The van der Waals surface area contributed by atoms with Crippen LogP contribution in [0.1, 0.15) is 40.4 Å². The van der Waals surface area contributed by atoms with E-state index in [1.165, 1.54) is 30.4 Å². The van der Waals surface area contributed by atoms with Crippen LogP contribution >= 0.6 is 11.3 Å². The van der Waals surface area contributed by atoms with Crippen molar-refractivity contribution in [1.29, 1.82) is 0 Å². The second-order valence-corrected chi connectivity index (χ2v) is 8.58. The van der Waals surface area contributed by atoms with Gasteiger partial charge in [0.15, 0.2) is 9.84 Å². The van der Waals surface area contributed by atoms with Crippen LogP contribution in [0.3, 0.4) is 0 Å². The van der Waals surface area contributed by atoms with Crippen LogP contribution in [0.5, 0.6) is 0 Å². The summed E-state index contributed by atoms with van der Waals surface area (Å²) in [5, 5.41) is 0.237. The molecule has 2 atom stereocenters. The zero-order valence-corrected chi connectivity index (χ0v) is 13.6. The maximum Gasteiger partial charge on any atom is 0.416 e. The summed E-state index contributed by atoms with van der Waals surface area (Å²) in [7, 11) is -3.53. The Hall–Kier alpha value is -1.34. The maximum atomic E-state index is 12.6. The molecule has 0 saturated heterocycles. The fourth-order valence-electron chi connectivity index (χ4n) is 2.12. The molecule has 2 nitrogen and oxygen atoms in total. The van der Waals surface area contributed by atoms with Gasteiger partial charge in [0.25, 0.3) is 0 Å². The molecular weight excluding hydrogens is 333 g/mol. The van der Waals surface area contributed by atoms with E-state index in [2.05, 4.69) is 0 Å². The summed E-state index contributed by atoms with van der Waals surface area (Å²) >= 11 is 1.35. The van der Waals surface area contributed by atoms with E-state index in [0.29, 0.717) is 5.56 Å². The molecule has 1 aromatic heterocycles.